The minimum atomic E-state index is -0.845. The molecule has 1 unspecified atom stereocenters. The van der Waals surface area contributed by atoms with Crippen molar-refractivity contribution in [3.05, 3.63) is 89.1 Å². The predicted octanol–water partition coefficient (Wildman–Crippen LogP) is 5.63. The van der Waals surface area contributed by atoms with Crippen LogP contribution in [0.25, 0.3) is 10.2 Å². The van der Waals surface area contributed by atoms with E-state index in [1.165, 1.54) is 28.6 Å². The number of aliphatic hydroxyl groups excluding tert-OH is 1. The maximum Gasteiger partial charge on any atom is 0.296 e. The van der Waals surface area contributed by atoms with Gasteiger partial charge in [0.15, 0.2) is 16.7 Å². The normalized spacial score (nSPS) is 16.0. The number of anilines is 1. The molecule has 8 heteroatoms. The van der Waals surface area contributed by atoms with Crippen molar-refractivity contribution < 1.29 is 23.8 Å². The van der Waals surface area contributed by atoms with Gasteiger partial charge in [0.25, 0.3) is 5.91 Å². The van der Waals surface area contributed by atoms with Crippen molar-refractivity contribution in [3.8, 4) is 5.75 Å². The van der Waals surface area contributed by atoms with Gasteiger partial charge in [-0.15, -0.1) is 0 Å². The van der Waals surface area contributed by atoms with E-state index in [4.69, 9.17) is 9.15 Å². The third-order valence-electron chi connectivity index (χ3n) is 5.77. The highest BCUT2D eigenvalue weighted by atomic mass is 32.1. The molecule has 1 amide bonds. The molecule has 1 aliphatic heterocycles. The molecule has 0 fully saturated rings. The number of Topliss-reactive ketones (excluding diaryl/α,β-unsaturated/α-hetero) is 1. The van der Waals surface area contributed by atoms with Crippen molar-refractivity contribution in [3.63, 3.8) is 0 Å². The zero-order chi connectivity index (χ0) is 23.8. The minimum Gasteiger partial charge on any atom is -0.503 e. The van der Waals surface area contributed by atoms with Crippen LogP contribution in [0.3, 0.4) is 0 Å². The highest BCUT2D eigenvalue weighted by Gasteiger charge is 2.46. The SMILES string of the molecule is CCOc1ccc2nc(N3C(=O)C(O)=C(C(=O)c4ccco4)C3c3ccc(CC)cc3)sc2c1. The lowest BCUT2D eigenvalue weighted by molar-refractivity contribution is -0.117. The van der Waals surface area contributed by atoms with Gasteiger partial charge in [-0.2, -0.15) is 0 Å². The molecule has 2 aromatic heterocycles. The van der Waals surface area contributed by atoms with Gasteiger partial charge in [0.2, 0.25) is 5.78 Å². The molecule has 1 aliphatic rings. The fourth-order valence-corrected chi connectivity index (χ4v) is 5.10. The first-order valence-corrected chi connectivity index (χ1v) is 11.8. The molecule has 1 atom stereocenters. The smallest absolute Gasteiger partial charge is 0.296 e. The van der Waals surface area contributed by atoms with E-state index >= 15 is 0 Å². The van der Waals surface area contributed by atoms with Gasteiger partial charge in [-0.05, 0) is 54.8 Å². The summed E-state index contributed by atoms with van der Waals surface area (Å²) in [5.74, 6) is -1.05. The topological polar surface area (TPSA) is 92.9 Å². The molecule has 0 spiro atoms. The van der Waals surface area contributed by atoms with Crippen LogP contribution in [0.5, 0.6) is 5.75 Å². The van der Waals surface area contributed by atoms with Crippen LogP contribution < -0.4 is 9.64 Å². The summed E-state index contributed by atoms with van der Waals surface area (Å²) in [6.45, 7) is 4.49. The van der Waals surface area contributed by atoms with E-state index in [1.807, 2.05) is 49.4 Å². The Morgan fingerprint density at radius 3 is 2.65 bits per heavy atom. The van der Waals surface area contributed by atoms with Crippen LogP contribution in [-0.4, -0.2) is 28.4 Å². The van der Waals surface area contributed by atoms with Gasteiger partial charge in [0, 0.05) is 0 Å². The monoisotopic (exact) mass is 474 g/mol. The molecule has 172 valence electrons. The lowest BCUT2D eigenvalue weighted by Gasteiger charge is -2.24. The van der Waals surface area contributed by atoms with Crippen LogP contribution in [0, 0.1) is 0 Å². The molecule has 0 radical (unpaired) electrons. The number of fused-ring (bicyclic) bond motifs is 1. The molecule has 0 saturated heterocycles. The summed E-state index contributed by atoms with van der Waals surface area (Å²) >= 11 is 1.30. The summed E-state index contributed by atoms with van der Waals surface area (Å²) in [4.78, 5) is 32.7. The Kier molecular flexibility index (Phi) is 5.67. The van der Waals surface area contributed by atoms with E-state index in [9.17, 15) is 14.7 Å². The molecule has 3 heterocycles. The van der Waals surface area contributed by atoms with Gasteiger partial charge in [0.05, 0.1) is 34.7 Å². The summed E-state index contributed by atoms with van der Waals surface area (Å²) in [6.07, 6.45) is 2.24. The molecule has 5 rings (SSSR count). The number of carbonyl (C=O) groups excluding carboxylic acids is 2. The first-order chi connectivity index (χ1) is 16.5. The van der Waals surface area contributed by atoms with Crippen molar-refractivity contribution in [2.45, 2.75) is 26.3 Å². The molecule has 34 heavy (non-hydrogen) atoms. The van der Waals surface area contributed by atoms with Gasteiger partial charge < -0.3 is 14.3 Å². The Morgan fingerprint density at radius 1 is 1.18 bits per heavy atom. The number of ether oxygens (including phenoxy) is 1. The van der Waals surface area contributed by atoms with Crippen molar-refractivity contribution in [2.24, 2.45) is 0 Å². The summed E-state index contributed by atoms with van der Waals surface area (Å²) in [5.41, 5.74) is 2.48. The zero-order valence-corrected chi connectivity index (χ0v) is 19.5. The lowest BCUT2D eigenvalue weighted by atomic mass is 9.94. The molecule has 0 saturated carbocycles. The average molecular weight is 475 g/mol. The van der Waals surface area contributed by atoms with E-state index in [2.05, 4.69) is 11.9 Å². The van der Waals surface area contributed by atoms with E-state index in [1.54, 1.807) is 6.07 Å². The van der Waals surface area contributed by atoms with Crippen LogP contribution in [0.1, 0.15) is 41.6 Å². The number of ketones is 1. The Labute approximate surface area is 199 Å². The maximum atomic E-state index is 13.3. The number of thiazole rings is 1. The first kappa shape index (κ1) is 21.9. The van der Waals surface area contributed by atoms with Gasteiger partial charge in [-0.3, -0.25) is 14.5 Å². The molecule has 0 aliphatic carbocycles. The zero-order valence-electron chi connectivity index (χ0n) is 18.6. The highest BCUT2D eigenvalue weighted by molar-refractivity contribution is 7.22. The summed E-state index contributed by atoms with van der Waals surface area (Å²) < 4.78 is 11.7. The Morgan fingerprint density at radius 2 is 1.97 bits per heavy atom. The molecule has 7 nitrogen and oxygen atoms in total. The minimum absolute atomic E-state index is 0.0292. The summed E-state index contributed by atoms with van der Waals surface area (Å²) in [6, 6.07) is 15.4. The quantitative estimate of drug-likeness (QED) is 0.349. The third kappa shape index (κ3) is 3.66. The number of aliphatic hydroxyl groups is 1. The summed E-state index contributed by atoms with van der Waals surface area (Å²) in [5, 5.41) is 11.2. The second-order valence-electron chi connectivity index (χ2n) is 7.80. The van der Waals surface area contributed by atoms with Crippen molar-refractivity contribution in [1.82, 2.24) is 4.98 Å². The van der Waals surface area contributed by atoms with Crippen molar-refractivity contribution in [1.29, 1.82) is 0 Å². The number of rotatable bonds is 7. The van der Waals surface area contributed by atoms with Gasteiger partial charge in [0.1, 0.15) is 5.75 Å². The molecule has 0 bridgehead atoms. The number of benzene rings is 2. The number of aromatic nitrogens is 1. The van der Waals surface area contributed by atoms with Crippen LogP contribution in [0.4, 0.5) is 5.13 Å². The molecular weight excluding hydrogens is 452 g/mol. The number of hydrogen-bond donors (Lipinski definition) is 1. The summed E-state index contributed by atoms with van der Waals surface area (Å²) in [7, 11) is 0. The fourth-order valence-electron chi connectivity index (χ4n) is 4.08. The molecule has 2 aromatic carbocycles. The highest BCUT2D eigenvalue weighted by Crippen LogP contribution is 2.44. The first-order valence-electron chi connectivity index (χ1n) is 11.0. The second-order valence-corrected chi connectivity index (χ2v) is 8.81. The van der Waals surface area contributed by atoms with E-state index in [0.29, 0.717) is 28.6 Å². The van der Waals surface area contributed by atoms with E-state index < -0.39 is 23.5 Å². The number of aryl methyl sites for hydroxylation is 1. The van der Waals surface area contributed by atoms with Crippen LogP contribution in [0.2, 0.25) is 0 Å². The predicted molar refractivity (Wildman–Crippen MR) is 130 cm³/mol. The number of carbonyl (C=O) groups is 2. The molecular formula is C26H22N2O5S. The molecule has 4 aromatic rings. The van der Waals surface area contributed by atoms with E-state index in [0.717, 1.165) is 16.7 Å². The van der Waals surface area contributed by atoms with Gasteiger partial charge in [-0.25, -0.2) is 4.98 Å². The van der Waals surface area contributed by atoms with Crippen LogP contribution >= 0.6 is 11.3 Å². The Hall–Kier alpha value is -3.91. The van der Waals surface area contributed by atoms with Crippen LogP contribution in [0.15, 0.2) is 76.6 Å². The van der Waals surface area contributed by atoms with E-state index in [-0.39, 0.29) is 11.3 Å². The number of hydrogen-bond acceptors (Lipinski definition) is 7. The standard InChI is InChI=1S/C26H22N2O5S/c1-3-15-7-9-16(10-8-15)22-21(23(29)19-6-5-13-33-19)24(30)25(31)28(22)26-27-18-12-11-17(32-4-2)14-20(18)34-26/h5-14,22,30H,3-4H2,1-2H3. The van der Waals surface area contributed by atoms with Crippen LogP contribution in [-0.2, 0) is 11.2 Å². The second kappa shape index (κ2) is 8.79. The van der Waals surface area contributed by atoms with Gasteiger partial charge >= 0.3 is 0 Å². The fraction of sp³-hybridized carbons (Fsp3) is 0.192. The number of nitrogens with zero attached hydrogens (tertiary/aromatic N) is 2. The molecule has 1 N–H and O–H groups in total. The largest absolute Gasteiger partial charge is 0.503 e. The lowest BCUT2D eigenvalue weighted by Crippen LogP contribution is -2.30. The van der Waals surface area contributed by atoms with Gasteiger partial charge in [-0.1, -0.05) is 42.5 Å². The third-order valence-corrected chi connectivity index (χ3v) is 6.78. The number of amides is 1. The van der Waals surface area contributed by atoms with Crippen molar-refractivity contribution >= 4 is 38.4 Å². The Bertz CT molecular complexity index is 1400. The number of furan rings is 1. The Balaban J connectivity index is 1.64. The van der Waals surface area contributed by atoms with Crippen molar-refractivity contribution in [2.75, 3.05) is 11.5 Å². The average Bonchev–Trinajstić information content (AvgIpc) is 3.58. The maximum absolute atomic E-state index is 13.3.